The highest BCUT2D eigenvalue weighted by Crippen LogP contribution is 2.30. The monoisotopic (exact) mass is 291 g/mol. The molecule has 0 saturated heterocycles. The fraction of sp³-hybridized carbons (Fsp3) is 0.765. The van der Waals surface area contributed by atoms with Crippen molar-refractivity contribution >= 4 is 5.82 Å². The quantitative estimate of drug-likeness (QED) is 0.878. The molecule has 0 aromatic carbocycles. The molecule has 1 aliphatic carbocycles. The second-order valence-corrected chi connectivity index (χ2v) is 6.56. The first-order chi connectivity index (χ1) is 10.0. The van der Waals surface area contributed by atoms with Gasteiger partial charge in [0.2, 0.25) is 5.88 Å². The van der Waals surface area contributed by atoms with Crippen LogP contribution in [0.5, 0.6) is 5.88 Å². The molecule has 21 heavy (non-hydrogen) atoms. The van der Waals surface area contributed by atoms with E-state index in [-0.39, 0.29) is 0 Å². The predicted octanol–water partition coefficient (Wildman–Crippen LogP) is 4.30. The van der Waals surface area contributed by atoms with Crippen LogP contribution in [-0.4, -0.2) is 22.6 Å². The maximum absolute atomic E-state index is 6.24. The van der Waals surface area contributed by atoms with E-state index in [1.54, 1.807) is 0 Å². The Balaban J connectivity index is 2.23. The standard InChI is InChI=1S/C17H29N3O/c1-6-18-16-13(5)17(20-15(19-16)11(2)3)21-14-9-7-8-12(4)10-14/h11-12,14H,6-10H2,1-5H3,(H,18,19,20). The largest absolute Gasteiger partial charge is 0.474 e. The van der Waals surface area contributed by atoms with Gasteiger partial charge in [0.15, 0.2) is 0 Å². The van der Waals surface area contributed by atoms with Crippen LogP contribution in [-0.2, 0) is 0 Å². The molecule has 0 bridgehead atoms. The maximum Gasteiger partial charge on any atom is 0.222 e. The zero-order valence-corrected chi connectivity index (χ0v) is 14.1. The highest BCUT2D eigenvalue weighted by Gasteiger charge is 2.23. The van der Waals surface area contributed by atoms with Crippen LogP contribution < -0.4 is 10.1 Å². The van der Waals surface area contributed by atoms with Gasteiger partial charge in [0.1, 0.15) is 17.7 Å². The molecular formula is C17H29N3O. The molecule has 0 aliphatic heterocycles. The lowest BCUT2D eigenvalue weighted by molar-refractivity contribution is 0.122. The summed E-state index contributed by atoms with van der Waals surface area (Å²) < 4.78 is 6.24. The lowest BCUT2D eigenvalue weighted by Crippen LogP contribution is -2.25. The molecule has 0 radical (unpaired) electrons. The SMILES string of the molecule is CCNc1nc(C(C)C)nc(OC2CCCC(C)C2)c1C. The van der Waals surface area contributed by atoms with Crippen molar-refractivity contribution < 1.29 is 4.74 Å². The molecule has 1 aromatic rings. The van der Waals surface area contributed by atoms with Gasteiger partial charge >= 0.3 is 0 Å². The molecule has 0 amide bonds. The number of ether oxygens (including phenoxy) is 1. The molecular weight excluding hydrogens is 262 g/mol. The van der Waals surface area contributed by atoms with Crippen molar-refractivity contribution in [2.75, 3.05) is 11.9 Å². The Bertz CT molecular complexity index is 473. The third kappa shape index (κ3) is 4.08. The number of rotatable bonds is 5. The zero-order chi connectivity index (χ0) is 15.4. The van der Waals surface area contributed by atoms with Crippen molar-refractivity contribution in [2.45, 2.75) is 72.3 Å². The molecule has 4 heteroatoms. The van der Waals surface area contributed by atoms with Crippen LogP contribution in [0.1, 0.15) is 70.7 Å². The van der Waals surface area contributed by atoms with Crippen molar-refractivity contribution in [3.63, 3.8) is 0 Å². The van der Waals surface area contributed by atoms with E-state index >= 15 is 0 Å². The average molecular weight is 291 g/mol. The normalized spacial score (nSPS) is 22.4. The number of nitrogens with one attached hydrogen (secondary N) is 1. The molecule has 118 valence electrons. The first kappa shape index (κ1) is 16.1. The van der Waals surface area contributed by atoms with E-state index in [1.807, 2.05) is 6.92 Å². The van der Waals surface area contributed by atoms with Crippen molar-refractivity contribution in [1.82, 2.24) is 9.97 Å². The van der Waals surface area contributed by atoms with E-state index < -0.39 is 0 Å². The average Bonchev–Trinajstić information content (AvgIpc) is 2.43. The smallest absolute Gasteiger partial charge is 0.222 e. The van der Waals surface area contributed by atoms with E-state index in [9.17, 15) is 0 Å². The Kier molecular flexibility index (Phi) is 5.43. The van der Waals surface area contributed by atoms with Crippen LogP contribution in [0.3, 0.4) is 0 Å². The van der Waals surface area contributed by atoms with Crippen LogP contribution in [0.15, 0.2) is 0 Å². The van der Waals surface area contributed by atoms with Crippen LogP contribution in [0.25, 0.3) is 0 Å². The molecule has 1 heterocycles. The lowest BCUT2D eigenvalue weighted by Gasteiger charge is -2.28. The summed E-state index contributed by atoms with van der Waals surface area (Å²) in [4.78, 5) is 9.29. The van der Waals surface area contributed by atoms with E-state index in [4.69, 9.17) is 4.74 Å². The van der Waals surface area contributed by atoms with Gasteiger partial charge in [-0.3, -0.25) is 0 Å². The summed E-state index contributed by atoms with van der Waals surface area (Å²) in [6.45, 7) is 11.5. The highest BCUT2D eigenvalue weighted by molar-refractivity contribution is 5.48. The minimum atomic E-state index is 0.302. The molecule has 1 N–H and O–H groups in total. The molecule has 1 saturated carbocycles. The van der Waals surface area contributed by atoms with E-state index in [0.717, 1.165) is 48.4 Å². The van der Waals surface area contributed by atoms with Crippen LogP contribution >= 0.6 is 0 Å². The maximum atomic E-state index is 6.24. The fourth-order valence-corrected chi connectivity index (χ4v) is 2.87. The molecule has 1 aromatic heterocycles. The second kappa shape index (κ2) is 7.10. The number of aromatic nitrogens is 2. The first-order valence-electron chi connectivity index (χ1n) is 8.30. The second-order valence-electron chi connectivity index (χ2n) is 6.56. The van der Waals surface area contributed by atoms with Crippen molar-refractivity contribution in [2.24, 2.45) is 5.92 Å². The number of hydrogen-bond donors (Lipinski definition) is 1. The van der Waals surface area contributed by atoms with Crippen LogP contribution in [0.2, 0.25) is 0 Å². The van der Waals surface area contributed by atoms with Gasteiger partial charge < -0.3 is 10.1 Å². The summed E-state index contributed by atoms with van der Waals surface area (Å²) in [6.07, 6.45) is 5.16. The number of hydrogen-bond acceptors (Lipinski definition) is 4. The number of anilines is 1. The minimum Gasteiger partial charge on any atom is -0.474 e. The summed E-state index contributed by atoms with van der Waals surface area (Å²) in [5, 5.41) is 3.33. The van der Waals surface area contributed by atoms with E-state index in [1.165, 1.54) is 12.8 Å². The molecule has 2 unspecified atom stereocenters. The van der Waals surface area contributed by atoms with Crippen molar-refractivity contribution in [3.8, 4) is 5.88 Å². The third-order valence-electron chi connectivity index (χ3n) is 4.15. The van der Waals surface area contributed by atoms with Gasteiger partial charge in [0.05, 0.1) is 5.56 Å². The summed E-state index contributed by atoms with van der Waals surface area (Å²) in [6, 6.07) is 0. The third-order valence-corrected chi connectivity index (χ3v) is 4.15. The van der Waals surface area contributed by atoms with Crippen LogP contribution in [0.4, 0.5) is 5.82 Å². The van der Waals surface area contributed by atoms with E-state index in [0.29, 0.717) is 12.0 Å². The van der Waals surface area contributed by atoms with Gasteiger partial charge in [0, 0.05) is 12.5 Å². The van der Waals surface area contributed by atoms with Gasteiger partial charge in [-0.1, -0.05) is 27.2 Å². The molecule has 1 aliphatic rings. The molecule has 4 nitrogen and oxygen atoms in total. The highest BCUT2D eigenvalue weighted by atomic mass is 16.5. The van der Waals surface area contributed by atoms with Gasteiger partial charge in [-0.05, 0) is 39.0 Å². The Labute approximate surface area is 128 Å². The molecule has 2 rings (SSSR count). The summed E-state index contributed by atoms with van der Waals surface area (Å²) in [5.74, 6) is 3.59. The molecule has 2 atom stereocenters. The topological polar surface area (TPSA) is 47.0 Å². The van der Waals surface area contributed by atoms with Crippen molar-refractivity contribution in [3.05, 3.63) is 11.4 Å². The van der Waals surface area contributed by atoms with Gasteiger partial charge in [-0.25, -0.2) is 4.98 Å². The summed E-state index contributed by atoms with van der Waals surface area (Å²) >= 11 is 0. The van der Waals surface area contributed by atoms with Gasteiger partial charge in [-0.15, -0.1) is 0 Å². The Morgan fingerprint density at radius 2 is 2.05 bits per heavy atom. The van der Waals surface area contributed by atoms with Gasteiger partial charge in [0.25, 0.3) is 0 Å². The molecule has 0 spiro atoms. The fourth-order valence-electron chi connectivity index (χ4n) is 2.87. The predicted molar refractivity (Wildman–Crippen MR) is 87.1 cm³/mol. The van der Waals surface area contributed by atoms with Gasteiger partial charge in [-0.2, -0.15) is 4.98 Å². The minimum absolute atomic E-state index is 0.302. The summed E-state index contributed by atoms with van der Waals surface area (Å²) in [5.41, 5.74) is 1.03. The van der Waals surface area contributed by atoms with Crippen molar-refractivity contribution in [1.29, 1.82) is 0 Å². The van der Waals surface area contributed by atoms with E-state index in [2.05, 4.69) is 43.0 Å². The Morgan fingerprint density at radius 1 is 1.29 bits per heavy atom. The number of nitrogens with zero attached hydrogens (tertiary/aromatic N) is 2. The first-order valence-corrected chi connectivity index (χ1v) is 8.30. The Morgan fingerprint density at radius 3 is 2.67 bits per heavy atom. The lowest BCUT2D eigenvalue weighted by atomic mass is 9.89. The molecule has 1 fully saturated rings. The Hall–Kier alpha value is -1.32. The zero-order valence-electron chi connectivity index (χ0n) is 14.1. The van der Waals surface area contributed by atoms with Crippen LogP contribution in [0, 0.1) is 12.8 Å². The summed E-state index contributed by atoms with van der Waals surface area (Å²) in [7, 11) is 0.